The molecule has 1 saturated carbocycles. The molecule has 0 amide bonds. The van der Waals surface area contributed by atoms with E-state index < -0.39 is 0 Å². The van der Waals surface area contributed by atoms with E-state index in [0.29, 0.717) is 12.1 Å². The summed E-state index contributed by atoms with van der Waals surface area (Å²) >= 11 is 0. The fraction of sp³-hybridized carbons (Fsp3) is 0.417. The number of nitrogens with one attached hydrogen (secondary N) is 2. The molecule has 0 radical (unpaired) electrons. The molecule has 1 aliphatic rings. The van der Waals surface area contributed by atoms with Crippen LogP contribution in [0.5, 0.6) is 0 Å². The molecular weight excluding hydrogens is 374 g/mol. The molecule has 0 spiro atoms. The number of hydrogen-bond acceptors (Lipinski definition) is 6. The van der Waals surface area contributed by atoms with E-state index in [1.165, 1.54) is 5.57 Å². The highest BCUT2D eigenvalue weighted by Gasteiger charge is 2.22. The molecule has 0 unspecified atom stereocenters. The number of furan rings is 1. The van der Waals surface area contributed by atoms with Crippen LogP contribution in [0.1, 0.15) is 38.4 Å². The van der Waals surface area contributed by atoms with E-state index in [1.807, 2.05) is 38.4 Å². The van der Waals surface area contributed by atoms with Gasteiger partial charge in [-0.3, -0.25) is 0 Å². The van der Waals surface area contributed by atoms with Crippen LogP contribution in [-0.4, -0.2) is 42.7 Å². The van der Waals surface area contributed by atoms with Crippen LogP contribution < -0.4 is 15.5 Å². The van der Waals surface area contributed by atoms with Crippen LogP contribution in [0.4, 0.5) is 11.8 Å². The molecule has 2 N–H and O–H groups in total. The fourth-order valence-electron chi connectivity index (χ4n) is 4.06. The van der Waals surface area contributed by atoms with Crippen LogP contribution >= 0.6 is 0 Å². The summed E-state index contributed by atoms with van der Waals surface area (Å²) in [6.07, 6.45) is 8.35. The van der Waals surface area contributed by atoms with Gasteiger partial charge in [-0.1, -0.05) is 17.7 Å². The lowest BCUT2D eigenvalue weighted by atomic mass is 9.91. The Morgan fingerprint density at radius 2 is 1.83 bits per heavy atom. The number of anilines is 2. The number of benzene rings is 1. The number of hydrogen-bond donors (Lipinski definition) is 2. The molecule has 1 aromatic carbocycles. The van der Waals surface area contributed by atoms with Gasteiger partial charge >= 0.3 is 0 Å². The van der Waals surface area contributed by atoms with E-state index in [9.17, 15) is 0 Å². The van der Waals surface area contributed by atoms with E-state index in [0.717, 1.165) is 60.7 Å². The number of rotatable bonds is 7. The molecular formula is C24H31N5O. The number of aromatic nitrogens is 2. The van der Waals surface area contributed by atoms with Crippen LogP contribution in [-0.2, 0) is 0 Å². The molecule has 2 aromatic heterocycles. The average Bonchev–Trinajstić information content (AvgIpc) is 3.25. The van der Waals surface area contributed by atoms with Gasteiger partial charge in [0.15, 0.2) is 0 Å². The summed E-state index contributed by atoms with van der Waals surface area (Å²) in [5.74, 6) is 2.60. The SMILES string of the molecule is C/C(=C\c1ccco1)CNC1CCC(Nc2nc(N(C)C)c3ccccc3n2)CC1. The molecule has 0 bridgehead atoms. The van der Waals surface area contributed by atoms with Gasteiger partial charge in [-0.2, -0.15) is 4.98 Å². The van der Waals surface area contributed by atoms with Crippen molar-refractivity contribution in [1.29, 1.82) is 0 Å². The maximum Gasteiger partial charge on any atom is 0.225 e. The Labute approximate surface area is 178 Å². The van der Waals surface area contributed by atoms with E-state index in [4.69, 9.17) is 14.4 Å². The van der Waals surface area contributed by atoms with Crippen LogP contribution in [0.2, 0.25) is 0 Å². The average molecular weight is 406 g/mol. The lowest BCUT2D eigenvalue weighted by Gasteiger charge is -2.30. The Morgan fingerprint density at radius 1 is 1.07 bits per heavy atom. The Hall–Kier alpha value is -2.86. The third-order valence-corrected chi connectivity index (χ3v) is 5.67. The second-order valence-electron chi connectivity index (χ2n) is 8.36. The molecule has 3 aromatic rings. The van der Waals surface area contributed by atoms with Crippen molar-refractivity contribution in [3.63, 3.8) is 0 Å². The summed E-state index contributed by atoms with van der Waals surface area (Å²) in [6.45, 7) is 3.03. The first-order valence-corrected chi connectivity index (χ1v) is 10.7. The monoisotopic (exact) mass is 405 g/mol. The summed E-state index contributed by atoms with van der Waals surface area (Å²) < 4.78 is 5.39. The van der Waals surface area contributed by atoms with Gasteiger partial charge in [-0.15, -0.1) is 0 Å². The van der Waals surface area contributed by atoms with Gasteiger partial charge in [0.05, 0.1) is 11.8 Å². The normalized spacial score (nSPS) is 19.8. The van der Waals surface area contributed by atoms with Gasteiger partial charge in [0.1, 0.15) is 11.6 Å². The van der Waals surface area contributed by atoms with Crippen LogP contribution in [0.3, 0.4) is 0 Å². The summed E-state index contributed by atoms with van der Waals surface area (Å²) in [4.78, 5) is 11.6. The molecule has 6 nitrogen and oxygen atoms in total. The lowest BCUT2D eigenvalue weighted by molar-refractivity contribution is 0.361. The summed E-state index contributed by atoms with van der Waals surface area (Å²) in [5.41, 5.74) is 2.26. The van der Waals surface area contributed by atoms with Crippen molar-refractivity contribution < 1.29 is 4.42 Å². The van der Waals surface area contributed by atoms with Crippen molar-refractivity contribution in [3.05, 3.63) is 54.0 Å². The zero-order valence-electron chi connectivity index (χ0n) is 18.1. The van der Waals surface area contributed by atoms with Crippen molar-refractivity contribution in [2.24, 2.45) is 0 Å². The Balaban J connectivity index is 1.32. The predicted molar refractivity (Wildman–Crippen MR) is 124 cm³/mol. The summed E-state index contributed by atoms with van der Waals surface area (Å²) in [5, 5.41) is 8.36. The minimum atomic E-state index is 0.416. The highest BCUT2D eigenvalue weighted by molar-refractivity contribution is 5.90. The van der Waals surface area contributed by atoms with E-state index >= 15 is 0 Å². The molecule has 1 fully saturated rings. The highest BCUT2D eigenvalue weighted by Crippen LogP contribution is 2.26. The zero-order valence-corrected chi connectivity index (χ0v) is 18.1. The van der Waals surface area contributed by atoms with Crippen LogP contribution in [0, 0.1) is 0 Å². The van der Waals surface area contributed by atoms with E-state index in [-0.39, 0.29) is 0 Å². The molecule has 30 heavy (non-hydrogen) atoms. The Bertz CT molecular complexity index is 988. The van der Waals surface area contributed by atoms with Crippen molar-refractivity contribution in [2.45, 2.75) is 44.7 Å². The third kappa shape index (κ3) is 5.00. The van der Waals surface area contributed by atoms with Gasteiger partial charge in [0.2, 0.25) is 5.95 Å². The largest absolute Gasteiger partial charge is 0.465 e. The van der Waals surface area contributed by atoms with Crippen LogP contribution in [0.15, 0.2) is 52.7 Å². The van der Waals surface area contributed by atoms with Crippen molar-refractivity contribution in [2.75, 3.05) is 30.9 Å². The summed E-state index contributed by atoms with van der Waals surface area (Å²) in [6, 6.07) is 13.1. The lowest BCUT2D eigenvalue weighted by Crippen LogP contribution is -2.37. The minimum Gasteiger partial charge on any atom is -0.465 e. The maximum absolute atomic E-state index is 5.39. The summed E-state index contributed by atoms with van der Waals surface area (Å²) in [7, 11) is 4.05. The minimum absolute atomic E-state index is 0.416. The first kappa shape index (κ1) is 20.4. The Morgan fingerprint density at radius 3 is 2.57 bits per heavy atom. The molecule has 0 aliphatic heterocycles. The molecule has 0 atom stereocenters. The van der Waals surface area contributed by atoms with Gasteiger partial charge in [0.25, 0.3) is 0 Å². The van der Waals surface area contributed by atoms with Crippen molar-refractivity contribution in [3.8, 4) is 0 Å². The molecule has 6 heteroatoms. The molecule has 158 valence electrons. The predicted octanol–water partition coefficient (Wildman–Crippen LogP) is 4.71. The van der Waals surface area contributed by atoms with E-state index in [1.54, 1.807) is 6.26 Å². The zero-order chi connectivity index (χ0) is 20.9. The topological polar surface area (TPSA) is 66.2 Å². The second-order valence-corrected chi connectivity index (χ2v) is 8.36. The van der Waals surface area contributed by atoms with Crippen LogP contribution in [0.25, 0.3) is 17.0 Å². The smallest absolute Gasteiger partial charge is 0.225 e. The fourth-order valence-corrected chi connectivity index (χ4v) is 4.06. The second kappa shape index (κ2) is 9.30. The third-order valence-electron chi connectivity index (χ3n) is 5.67. The molecule has 4 rings (SSSR count). The van der Waals surface area contributed by atoms with Crippen molar-refractivity contribution >= 4 is 28.7 Å². The maximum atomic E-state index is 5.39. The molecule has 0 saturated heterocycles. The quantitative estimate of drug-likeness (QED) is 0.594. The van der Waals surface area contributed by atoms with Gasteiger partial charge in [-0.05, 0) is 62.9 Å². The first-order chi connectivity index (χ1) is 14.6. The highest BCUT2D eigenvalue weighted by atomic mass is 16.3. The molecule has 2 heterocycles. The van der Waals surface area contributed by atoms with Gasteiger partial charge < -0.3 is 20.0 Å². The van der Waals surface area contributed by atoms with Crippen molar-refractivity contribution in [1.82, 2.24) is 15.3 Å². The van der Waals surface area contributed by atoms with E-state index in [2.05, 4.69) is 40.7 Å². The van der Waals surface area contributed by atoms with Gasteiger partial charge in [0, 0.05) is 38.1 Å². The first-order valence-electron chi connectivity index (χ1n) is 10.7. The number of para-hydroxylation sites is 1. The Kier molecular flexibility index (Phi) is 6.33. The number of fused-ring (bicyclic) bond motifs is 1. The van der Waals surface area contributed by atoms with Gasteiger partial charge in [-0.25, -0.2) is 4.98 Å². The number of nitrogens with zero attached hydrogens (tertiary/aromatic N) is 3. The molecule has 1 aliphatic carbocycles. The standard InChI is InChI=1S/C24H31N5O/c1-17(15-20-7-6-14-30-20)16-25-18-10-12-19(13-11-18)26-24-27-22-9-5-4-8-21(22)23(28-24)29(2)3/h4-9,14-15,18-19,25H,10-13,16H2,1-3H3,(H,26,27,28)/b17-15+.